The van der Waals surface area contributed by atoms with Crippen molar-refractivity contribution in [2.24, 2.45) is 0 Å². The predicted molar refractivity (Wildman–Crippen MR) is 57.9 cm³/mol. The Morgan fingerprint density at radius 2 is 1.42 bits per heavy atom. The molecule has 0 rings (SSSR count). The third-order valence-corrected chi connectivity index (χ3v) is 6.02. The standard InChI is InChI=1S/C8H20O2P2/c1-5-6-12(4,10)8-7-11(2,3)9/h5-8H2,1-4H3. The minimum absolute atomic E-state index is 0.640. The lowest BCUT2D eigenvalue weighted by Crippen LogP contribution is -1.98. The highest BCUT2D eigenvalue weighted by molar-refractivity contribution is 7.66. The van der Waals surface area contributed by atoms with Crippen molar-refractivity contribution in [3.8, 4) is 0 Å². The van der Waals surface area contributed by atoms with Gasteiger partial charge in [-0.2, -0.15) is 0 Å². The molecule has 0 aromatic rings. The van der Waals surface area contributed by atoms with E-state index in [1.54, 1.807) is 13.3 Å². The van der Waals surface area contributed by atoms with Crippen molar-refractivity contribution < 1.29 is 9.13 Å². The summed E-state index contributed by atoms with van der Waals surface area (Å²) in [5.41, 5.74) is 0. The highest BCUT2D eigenvalue weighted by Crippen LogP contribution is 2.47. The molecule has 4 heteroatoms. The Kier molecular flexibility index (Phi) is 4.81. The molecular weight excluding hydrogens is 190 g/mol. The molecule has 0 spiro atoms. The molecule has 0 aliphatic rings. The molecule has 1 unspecified atom stereocenters. The van der Waals surface area contributed by atoms with Gasteiger partial charge in [0.1, 0.15) is 0 Å². The summed E-state index contributed by atoms with van der Waals surface area (Å²) < 4.78 is 23.1. The topological polar surface area (TPSA) is 34.1 Å². The van der Waals surface area contributed by atoms with Gasteiger partial charge in [-0.15, -0.1) is 0 Å². The van der Waals surface area contributed by atoms with Crippen LogP contribution in [-0.2, 0) is 9.13 Å². The van der Waals surface area contributed by atoms with Crippen molar-refractivity contribution in [1.29, 1.82) is 0 Å². The molecule has 0 aromatic carbocycles. The molecule has 0 heterocycles. The van der Waals surface area contributed by atoms with Gasteiger partial charge in [0.2, 0.25) is 0 Å². The van der Waals surface area contributed by atoms with Crippen LogP contribution in [0.25, 0.3) is 0 Å². The average Bonchev–Trinajstić information content (AvgIpc) is 1.83. The van der Waals surface area contributed by atoms with Gasteiger partial charge in [-0.25, -0.2) is 0 Å². The Morgan fingerprint density at radius 3 is 1.75 bits per heavy atom. The van der Waals surface area contributed by atoms with E-state index in [1.807, 2.05) is 13.6 Å². The number of hydrogen-bond acceptors (Lipinski definition) is 2. The Labute approximate surface area is 75.9 Å². The second kappa shape index (κ2) is 4.63. The second-order valence-corrected chi connectivity index (χ2v) is 11.1. The predicted octanol–water partition coefficient (Wildman–Crippen LogP) is 3.01. The van der Waals surface area contributed by atoms with E-state index in [0.29, 0.717) is 12.3 Å². The quantitative estimate of drug-likeness (QED) is 0.653. The molecular formula is C8H20O2P2. The highest BCUT2D eigenvalue weighted by Gasteiger charge is 2.17. The van der Waals surface area contributed by atoms with E-state index in [0.717, 1.165) is 12.6 Å². The largest absolute Gasteiger partial charge is 0.324 e. The molecule has 0 saturated carbocycles. The normalized spacial score (nSPS) is 17.3. The van der Waals surface area contributed by atoms with Crippen LogP contribution in [0.3, 0.4) is 0 Å². The van der Waals surface area contributed by atoms with E-state index < -0.39 is 14.3 Å². The maximum atomic E-state index is 11.7. The first-order valence-electron chi connectivity index (χ1n) is 4.36. The zero-order chi connectivity index (χ0) is 9.83. The van der Waals surface area contributed by atoms with Crippen LogP contribution < -0.4 is 0 Å². The molecule has 2 nitrogen and oxygen atoms in total. The minimum Gasteiger partial charge on any atom is -0.324 e. The van der Waals surface area contributed by atoms with Crippen LogP contribution in [0.4, 0.5) is 0 Å². The Hall–Kier alpha value is 0.460. The number of hydrogen-bond donors (Lipinski definition) is 0. The zero-order valence-corrected chi connectivity index (χ0v) is 10.3. The summed E-state index contributed by atoms with van der Waals surface area (Å²) in [5.74, 6) is 0. The summed E-state index contributed by atoms with van der Waals surface area (Å²) in [6.45, 7) is 7.39. The van der Waals surface area contributed by atoms with Gasteiger partial charge in [0.05, 0.1) is 14.3 Å². The summed E-state index contributed by atoms with van der Waals surface area (Å²) in [7, 11) is -3.92. The van der Waals surface area contributed by atoms with Crippen LogP contribution in [0, 0.1) is 0 Å². The Morgan fingerprint density at radius 1 is 0.917 bits per heavy atom. The maximum absolute atomic E-state index is 11.7. The molecule has 1 atom stereocenters. The highest BCUT2D eigenvalue weighted by atomic mass is 31.2. The monoisotopic (exact) mass is 210 g/mol. The first-order chi connectivity index (χ1) is 5.27. The molecule has 74 valence electrons. The second-order valence-electron chi connectivity index (χ2n) is 4.04. The summed E-state index contributed by atoms with van der Waals surface area (Å²) in [6.07, 6.45) is 3.06. The number of rotatable bonds is 5. The summed E-state index contributed by atoms with van der Waals surface area (Å²) in [4.78, 5) is 0. The molecule has 0 aliphatic heterocycles. The van der Waals surface area contributed by atoms with Gasteiger partial charge in [-0.1, -0.05) is 6.92 Å². The lowest BCUT2D eigenvalue weighted by Gasteiger charge is -2.13. The summed E-state index contributed by atoms with van der Waals surface area (Å²) in [5, 5.41) is 0. The molecule has 0 amide bonds. The fourth-order valence-corrected chi connectivity index (χ4v) is 5.83. The summed E-state index contributed by atoms with van der Waals surface area (Å²) in [6, 6.07) is 0. The molecule has 0 saturated heterocycles. The van der Waals surface area contributed by atoms with E-state index in [2.05, 4.69) is 0 Å². The van der Waals surface area contributed by atoms with Gasteiger partial charge in [0.15, 0.2) is 0 Å². The van der Waals surface area contributed by atoms with E-state index >= 15 is 0 Å². The van der Waals surface area contributed by atoms with Crippen molar-refractivity contribution >= 4 is 14.3 Å². The average molecular weight is 210 g/mol. The van der Waals surface area contributed by atoms with Crippen molar-refractivity contribution in [2.75, 3.05) is 38.5 Å². The molecule has 12 heavy (non-hydrogen) atoms. The van der Waals surface area contributed by atoms with Crippen LogP contribution in [-0.4, -0.2) is 38.5 Å². The lowest BCUT2D eigenvalue weighted by molar-refractivity contribution is 0.574. The van der Waals surface area contributed by atoms with E-state index in [1.165, 1.54) is 0 Å². The van der Waals surface area contributed by atoms with Gasteiger partial charge in [-0.3, -0.25) is 0 Å². The summed E-state index contributed by atoms with van der Waals surface area (Å²) >= 11 is 0. The Balaban J connectivity index is 3.93. The van der Waals surface area contributed by atoms with Gasteiger partial charge in [0, 0.05) is 18.5 Å². The zero-order valence-electron chi connectivity index (χ0n) is 8.54. The van der Waals surface area contributed by atoms with Crippen LogP contribution in [0.2, 0.25) is 0 Å². The van der Waals surface area contributed by atoms with Crippen LogP contribution in [0.5, 0.6) is 0 Å². The first kappa shape index (κ1) is 12.5. The lowest BCUT2D eigenvalue weighted by atomic mass is 10.6. The maximum Gasteiger partial charge on any atom is 0.0852 e. The molecule has 0 aliphatic carbocycles. The van der Waals surface area contributed by atoms with E-state index in [-0.39, 0.29) is 0 Å². The molecule has 0 radical (unpaired) electrons. The van der Waals surface area contributed by atoms with Gasteiger partial charge < -0.3 is 9.13 Å². The minimum atomic E-state index is -1.96. The fraction of sp³-hybridized carbons (Fsp3) is 1.00. The fourth-order valence-electron chi connectivity index (χ4n) is 1.04. The van der Waals surface area contributed by atoms with Crippen molar-refractivity contribution in [3.63, 3.8) is 0 Å². The molecule has 0 N–H and O–H groups in total. The van der Waals surface area contributed by atoms with Crippen LogP contribution in [0.15, 0.2) is 0 Å². The van der Waals surface area contributed by atoms with E-state index in [4.69, 9.17) is 0 Å². The Bertz CT molecular complexity index is 217. The SMILES string of the molecule is CCCP(C)(=O)CCP(C)(C)=O. The molecule has 0 aromatic heterocycles. The van der Waals surface area contributed by atoms with Crippen molar-refractivity contribution in [1.82, 2.24) is 0 Å². The molecule has 0 fully saturated rings. The van der Waals surface area contributed by atoms with Gasteiger partial charge >= 0.3 is 0 Å². The van der Waals surface area contributed by atoms with Gasteiger partial charge in [0.25, 0.3) is 0 Å². The van der Waals surface area contributed by atoms with Crippen LogP contribution in [0.1, 0.15) is 13.3 Å². The van der Waals surface area contributed by atoms with Crippen molar-refractivity contribution in [2.45, 2.75) is 13.3 Å². The molecule has 0 bridgehead atoms. The van der Waals surface area contributed by atoms with E-state index in [9.17, 15) is 9.13 Å². The third kappa shape index (κ3) is 7.13. The van der Waals surface area contributed by atoms with Gasteiger partial charge in [-0.05, 0) is 26.4 Å². The van der Waals surface area contributed by atoms with Crippen LogP contribution >= 0.6 is 14.3 Å². The third-order valence-electron chi connectivity index (χ3n) is 1.81. The first-order valence-corrected chi connectivity index (χ1v) is 9.67. The van der Waals surface area contributed by atoms with Crippen molar-refractivity contribution in [3.05, 3.63) is 0 Å². The smallest absolute Gasteiger partial charge is 0.0852 e.